The molecule has 121 valence electrons. The number of rotatable bonds is 5. The van der Waals surface area contributed by atoms with Crippen molar-refractivity contribution in [3.05, 3.63) is 0 Å². The van der Waals surface area contributed by atoms with Gasteiger partial charge in [0.2, 0.25) is 0 Å². The van der Waals surface area contributed by atoms with Crippen LogP contribution in [0.1, 0.15) is 12.8 Å². The number of aliphatic hydroxyl groups is 1. The average molecular weight is 401 g/mol. The molecule has 0 unspecified atom stereocenters. The summed E-state index contributed by atoms with van der Waals surface area (Å²) in [6, 6.07) is 0. The summed E-state index contributed by atoms with van der Waals surface area (Å²) in [7, 11) is -4.64. The van der Waals surface area contributed by atoms with Gasteiger partial charge in [-0.3, -0.25) is 9.59 Å². The van der Waals surface area contributed by atoms with Crippen LogP contribution in [0.3, 0.4) is 0 Å². The van der Waals surface area contributed by atoms with Crippen molar-refractivity contribution in [2.24, 2.45) is 0 Å². The number of carbonyl (C=O) groups is 3. The maximum Gasteiger partial charge on any atom is 0.466 e. The fourth-order valence-corrected chi connectivity index (χ4v) is 0.714. The second-order valence-corrected chi connectivity index (χ2v) is 4.02. The molecule has 0 spiro atoms. The van der Waals surface area contributed by atoms with Gasteiger partial charge in [-0.2, -0.15) is 0 Å². The van der Waals surface area contributed by atoms with Gasteiger partial charge < -0.3 is 35.1 Å². The molecule has 0 saturated heterocycles. The molecule has 0 saturated carbocycles. The molecule has 14 heteroatoms. The molecular weight excluding hydrogens is 390 g/mol. The van der Waals surface area contributed by atoms with Gasteiger partial charge in [-0.1, -0.05) is 0 Å². The van der Waals surface area contributed by atoms with E-state index < -0.39 is 44.2 Å². The molecule has 0 aromatic heterocycles. The smallest absolute Gasteiger partial charge is 0.466 e. The quantitative estimate of drug-likeness (QED) is 0.194. The maximum atomic E-state index is 10.3. The van der Waals surface area contributed by atoms with Gasteiger partial charge in [-0.25, -0.2) is 9.36 Å². The summed E-state index contributed by atoms with van der Waals surface area (Å²) in [4.78, 5) is 52.0. The summed E-state index contributed by atoms with van der Waals surface area (Å²) in [5.41, 5.74) is -2.74. The molecule has 0 rings (SSSR count). The van der Waals surface area contributed by atoms with E-state index >= 15 is 0 Å². The number of carboxylic acids is 3. The minimum atomic E-state index is -4.64. The Morgan fingerprint density at radius 3 is 1.20 bits per heavy atom. The standard InChI is InChI=1S/C6H8O7.Fe.Mn.H3O4P/c7-3(8)1-6(13,5(11)12)2-4(9)10;;;1-5(2,3)4/h13H,1-2H2,(H,7,8)(H,9,10)(H,11,12);;;(H3,1,2,3,4). The Labute approximate surface area is 132 Å². The van der Waals surface area contributed by atoms with E-state index in [1.807, 2.05) is 0 Å². The third kappa shape index (κ3) is 19.8. The van der Waals surface area contributed by atoms with Gasteiger partial charge in [0, 0.05) is 34.1 Å². The van der Waals surface area contributed by atoms with Gasteiger partial charge in [-0.05, 0) is 0 Å². The predicted octanol–water partition coefficient (Wildman–Crippen LogP) is -2.18. The molecule has 11 nitrogen and oxygen atoms in total. The van der Waals surface area contributed by atoms with Gasteiger partial charge in [0.05, 0.1) is 12.8 Å². The van der Waals surface area contributed by atoms with Crippen molar-refractivity contribution < 1.29 is 88.2 Å². The van der Waals surface area contributed by atoms with Crippen molar-refractivity contribution in [2.75, 3.05) is 0 Å². The van der Waals surface area contributed by atoms with Gasteiger partial charge >= 0.3 is 25.7 Å². The molecule has 0 aromatic carbocycles. The second kappa shape index (κ2) is 11.2. The summed E-state index contributed by atoms with van der Waals surface area (Å²) < 4.78 is 8.88. The maximum absolute atomic E-state index is 10.3. The zero-order valence-corrected chi connectivity index (χ0v) is 12.5. The predicted molar refractivity (Wildman–Crippen MR) is 51.4 cm³/mol. The SMILES string of the molecule is O=C(O)CC(O)(CC(=O)O)C(=O)O.O=P(O)(O)O.[Fe].[Mn]. The fourth-order valence-electron chi connectivity index (χ4n) is 0.714. The van der Waals surface area contributed by atoms with Crippen LogP contribution in [-0.2, 0) is 53.1 Å². The Balaban J connectivity index is -0.000000158. The topological polar surface area (TPSA) is 210 Å². The molecule has 0 amide bonds. The van der Waals surface area contributed by atoms with Crippen LogP contribution in [-0.4, -0.2) is 58.6 Å². The zero-order chi connectivity index (χ0) is 15.1. The first kappa shape index (κ1) is 27.8. The molecule has 20 heavy (non-hydrogen) atoms. The molecule has 0 aliphatic heterocycles. The number of aliphatic carboxylic acids is 3. The summed E-state index contributed by atoms with van der Waals surface area (Å²) in [6.07, 6.45) is -2.29. The first-order chi connectivity index (χ1) is 7.78. The van der Waals surface area contributed by atoms with E-state index in [-0.39, 0.29) is 34.1 Å². The Bertz CT molecular complexity index is 355. The summed E-state index contributed by atoms with van der Waals surface area (Å²) in [5, 5.41) is 33.8. The Hall–Kier alpha value is -0.481. The van der Waals surface area contributed by atoms with E-state index in [2.05, 4.69) is 0 Å². The second-order valence-electron chi connectivity index (χ2n) is 2.99. The van der Waals surface area contributed by atoms with Crippen molar-refractivity contribution >= 4 is 25.7 Å². The molecular formula is C6H11FeMnO11P. The molecule has 0 aliphatic carbocycles. The van der Waals surface area contributed by atoms with Crippen LogP contribution in [0.4, 0.5) is 0 Å². The van der Waals surface area contributed by atoms with Crippen LogP contribution >= 0.6 is 7.82 Å². The molecule has 0 atom stereocenters. The molecule has 1 radical (unpaired) electrons. The van der Waals surface area contributed by atoms with Crippen LogP contribution in [0.15, 0.2) is 0 Å². The number of hydrogen-bond acceptors (Lipinski definition) is 5. The van der Waals surface area contributed by atoms with Crippen molar-refractivity contribution in [2.45, 2.75) is 18.4 Å². The minimum Gasteiger partial charge on any atom is -0.481 e. The monoisotopic (exact) mass is 401 g/mol. The van der Waals surface area contributed by atoms with Crippen molar-refractivity contribution in [3.8, 4) is 0 Å². The Morgan fingerprint density at radius 2 is 1.10 bits per heavy atom. The molecule has 0 aromatic rings. The number of hydrogen-bond donors (Lipinski definition) is 7. The number of phosphoric acid groups is 1. The first-order valence-electron chi connectivity index (χ1n) is 3.95. The van der Waals surface area contributed by atoms with Crippen molar-refractivity contribution in [3.63, 3.8) is 0 Å². The normalized spacial score (nSPS) is 10.0. The molecule has 0 heterocycles. The van der Waals surface area contributed by atoms with Crippen molar-refractivity contribution in [1.29, 1.82) is 0 Å². The molecule has 0 bridgehead atoms. The van der Waals surface area contributed by atoms with Crippen LogP contribution in [0.25, 0.3) is 0 Å². The molecule has 0 aliphatic rings. The number of carboxylic acid groups (broad SMARTS) is 3. The van der Waals surface area contributed by atoms with Gasteiger partial charge in [0.15, 0.2) is 5.60 Å². The van der Waals surface area contributed by atoms with E-state index in [0.29, 0.717) is 0 Å². The molecule has 7 N–H and O–H groups in total. The average Bonchev–Trinajstić information content (AvgIpc) is 1.95. The first-order valence-corrected chi connectivity index (χ1v) is 5.52. The fraction of sp³-hybridized carbons (Fsp3) is 0.500. The third-order valence-electron chi connectivity index (χ3n) is 1.29. The summed E-state index contributed by atoms with van der Waals surface area (Å²) in [6.45, 7) is 0. The third-order valence-corrected chi connectivity index (χ3v) is 1.29. The molecule has 0 fully saturated rings. The minimum absolute atomic E-state index is 0. The van der Waals surface area contributed by atoms with E-state index in [4.69, 9.17) is 39.7 Å². The summed E-state index contributed by atoms with van der Waals surface area (Å²) in [5.74, 6) is -5.02. The largest absolute Gasteiger partial charge is 0.481 e. The van der Waals surface area contributed by atoms with Gasteiger partial charge in [0.25, 0.3) is 0 Å². The van der Waals surface area contributed by atoms with Crippen molar-refractivity contribution in [1.82, 2.24) is 0 Å². The van der Waals surface area contributed by atoms with Crippen LogP contribution in [0, 0.1) is 0 Å². The Kier molecular flexibility index (Phi) is 15.6. The van der Waals surface area contributed by atoms with E-state index in [1.165, 1.54) is 0 Å². The Morgan fingerprint density at radius 1 is 0.900 bits per heavy atom. The summed E-state index contributed by atoms with van der Waals surface area (Å²) >= 11 is 0. The van der Waals surface area contributed by atoms with E-state index in [1.54, 1.807) is 0 Å². The van der Waals surface area contributed by atoms with E-state index in [9.17, 15) is 14.4 Å². The van der Waals surface area contributed by atoms with E-state index in [0.717, 1.165) is 0 Å². The van der Waals surface area contributed by atoms with Crippen LogP contribution in [0.2, 0.25) is 0 Å². The van der Waals surface area contributed by atoms with Crippen LogP contribution < -0.4 is 0 Å². The zero-order valence-electron chi connectivity index (χ0n) is 9.36. The van der Waals surface area contributed by atoms with Gasteiger partial charge in [-0.15, -0.1) is 0 Å². The van der Waals surface area contributed by atoms with Gasteiger partial charge in [0.1, 0.15) is 0 Å². The van der Waals surface area contributed by atoms with Crippen LogP contribution in [0.5, 0.6) is 0 Å².